The first kappa shape index (κ1) is 61.1. The van der Waals surface area contributed by atoms with Crippen molar-refractivity contribution in [3.05, 3.63) is 60.8 Å². The molecule has 0 radical (unpaired) electrons. The van der Waals surface area contributed by atoms with Crippen LogP contribution in [-0.4, -0.2) is 37.2 Å². The molecular formula is C58H102O6. The zero-order valence-electron chi connectivity index (χ0n) is 42.3. The van der Waals surface area contributed by atoms with Gasteiger partial charge >= 0.3 is 17.9 Å². The van der Waals surface area contributed by atoms with Gasteiger partial charge in [-0.15, -0.1) is 0 Å². The molecular weight excluding hydrogens is 793 g/mol. The Morgan fingerprint density at radius 3 is 0.906 bits per heavy atom. The maximum absolute atomic E-state index is 12.8. The van der Waals surface area contributed by atoms with Gasteiger partial charge in [-0.3, -0.25) is 14.4 Å². The van der Waals surface area contributed by atoms with Crippen molar-refractivity contribution >= 4 is 17.9 Å². The molecule has 0 aliphatic carbocycles. The number of carbonyl (C=O) groups is 3. The van der Waals surface area contributed by atoms with E-state index in [0.29, 0.717) is 19.3 Å². The monoisotopic (exact) mass is 895 g/mol. The summed E-state index contributed by atoms with van der Waals surface area (Å²) in [5, 5.41) is 0. The molecule has 0 amide bonds. The summed E-state index contributed by atoms with van der Waals surface area (Å²) in [6.45, 7) is 6.57. The Kier molecular flexibility index (Phi) is 50.4. The summed E-state index contributed by atoms with van der Waals surface area (Å²) in [7, 11) is 0. The van der Waals surface area contributed by atoms with E-state index in [-0.39, 0.29) is 31.1 Å². The fourth-order valence-corrected chi connectivity index (χ4v) is 7.56. The van der Waals surface area contributed by atoms with Gasteiger partial charge in [0.15, 0.2) is 6.10 Å². The first-order chi connectivity index (χ1) is 31.5. The molecule has 0 aromatic rings. The largest absolute Gasteiger partial charge is 0.462 e. The second-order valence-electron chi connectivity index (χ2n) is 18.1. The Labute approximate surface area is 396 Å². The summed E-state index contributed by atoms with van der Waals surface area (Å²) in [5.41, 5.74) is 0. The molecule has 6 heteroatoms. The van der Waals surface area contributed by atoms with Crippen molar-refractivity contribution in [2.24, 2.45) is 0 Å². The van der Waals surface area contributed by atoms with E-state index in [1.807, 2.05) is 0 Å². The molecule has 0 aromatic carbocycles. The first-order valence-electron chi connectivity index (χ1n) is 27.3. The second kappa shape index (κ2) is 52.7. The van der Waals surface area contributed by atoms with E-state index in [9.17, 15) is 14.4 Å². The lowest BCUT2D eigenvalue weighted by Gasteiger charge is -2.18. The quantitative estimate of drug-likeness (QED) is 0.0262. The Morgan fingerprint density at radius 2 is 0.562 bits per heavy atom. The van der Waals surface area contributed by atoms with Gasteiger partial charge in [-0.1, -0.05) is 204 Å². The number of esters is 3. The number of unbranched alkanes of at least 4 members (excludes halogenated alkanes) is 28. The van der Waals surface area contributed by atoms with E-state index in [1.54, 1.807) is 0 Å². The molecule has 0 rings (SSSR count). The summed E-state index contributed by atoms with van der Waals surface area (Å²) in [4.78, 5) is 38.1. The van der Waals surface area contributed by atoms with Crippen LogP contribution in [-0.2, 0) is 28.6 Å². The summed E-state index contributed by atoms with van der Waals surface area (Å²) in [6.07, 6.45) is 64.8. The predicted molar refractivity (Wildman–Crippen MR) is 275 cm³/mol. The highest BCUT2D eigenvalue weighted by Gasteiger charge is 2.19. The van der Waals surface area contributed by atoms with Crippen molar-refractivity contribution in [3.63, 3.8) is 0 Å². The zero-order valence-corrected chi connectivity index (χ0v) is 42.3. The second-order valence-corrected chi connectivity index (χ2v) is 18.1. The standard InChI is InChI=1S/C58H102O6/c1-4-7-10-13-16-19-22-25-28-31-33-36-39-42-45-48-51-57(60)63-54-55(64-58(61)52-49-46-43-40-37-34-30-27-24-21-18-15-12-9-6-3)53-62-56(59)50-47-44-41-38-35-32-29-26-23-20-17-14-11-8-5-2/h16-17,19-20,25-30,55H,4-15,18,21-24,31-54H2,1-3H3/b19-16-,20-17-,28-25-,29-26-,30-27-. The van der Waals surface area contributed by atoms with Crippen molar-refractivity contribution < 1.29 is 28.6 Å². The van der Waals surface area contributed by atoms with Gasteiger partial charge < -0.3 is 14.2 Å². The zero-order chi connectivity index (χ0) is 46.5. The van der Waals surface area contributed by atoms with E-state index in [2.05, 4.69) is 81.5 Å². The molecule has 0 bridgehead atoms. The number of hydrogen-bond acceptors (Lipinski definition) is 6. The average Bonchev–Trinajstić information content (AvgIpc) is 3.29. The van der Waals surface area contributed by atoms with Gasteiger partial charge in [-0.05, 0) is 109 Å². The first-order valence-corrected chi connectivity index (χ1v) is 27.3. The van der Waals surface area contributed by atoms with Crippen LogP contribution in [0.15, 0.2) is 60.8 Å². The van der Waals surface area contributed by atoms with Gasteiger partial charge in [0.1, 0.15) is 13.2 Å². The molecule has 1 unspecified atom stereocenters. The van der Waals surface area contributed by atoms with Crippen LogP contribution in [0.4, 0.5) is 0 Å². The van der Waals surface area contributed by atoms with E-state index in [4.69, 9.17) is 14.2 Å². The van der Waals surface area contributed by atoms with Crippen LogP contribution < -0.4 is 0 Å². The topological polar surface area (TPSA) is 78.9 Å². The number of hydrogen-bond donors (Lipinski definition) is 0. The predicted octanol–water partition coefficient (Wildman–Crippen LogP) is 18.0. The van der Waals surface area contributed by atoms with Gasteiger partial charge in [0, 0.05) is 19.3 Å². The van der Waals surface area contributed by atoms with Gasteiger partial charge in [0.25, 0.3) is 0 Å². The fourth-order valence-electron chi connectivity index (χ4n) is 7.56. The third kappa shape index (κ3) is 50.1. The number of rotatable bonds is 49. The van der Waals surface area contributed by atoms with Crippen molar-refractivity contribution in [2.45, 2.75) is 277 Å². The Morgan fingerprint density at radius 1 is 0.312 bits per heavy atom. The van der Waals surface area contributed by atoms with Gasteiger partial charge in [0.2, 0.25) is 0 Å². The van der Waals surface area contributed by atoms with E-state index < -0.39 is 6.10 Å². The smallest absolute Gasteiger partial charge is 0.306 e. The van der Waals surface area contributed by atoms with Crippen LogP contribution in [0, 0.1) is 0 Å². The highest BCUT2D eigenvalue weighted by atomic mass is 16.6. The lowest BCUT2D eigenvalue weighted by Crippen LogP contribution is -2.30. The van der Waals surface area contributed by atoms with Crippen LogP contribution in [0.1, 0.15) is 271 Å². The average molecular weight is 895 g/mol. The number of carbonyl (C=O) groups excluding carboxylic acids is 3. The van der Waals surface area contributed by atoms with Crippen molar-refractivity contribution in [1.82, 2.24) is 0 Å². The van der Waals surface area contributed by atoms with Gasteiger partial charge in [-0.25, -0.2) is 0 Å². The summed E-state index contributed by atoms with van der Waals surface area (Å²) < 4.78 is 16.8. The normalized spacial score (nSPS) is 12.5. The lowest BCUT2D eigenvalue weighted by atomic mass is 10.1. The number of ether oxygens (including phenoxy) is 3. The minimum atomic E-state index is -0.788. The minimum Gasteiger partial charge on any atom is -0.462 e. The highest BCUT2D eigenvalue weighted by molar-refractivity contribution is 5.71. The molecule has 1 atom stereocenters. The highest BCUT2D eigenvalue weighted by Crippen LogP contribution is 2.14. The van der Waals surface area contributed by atoms with Crippen LogP contribution in [0.2, 0.25) is 0 Å². The maximum atomic E-state index is 12.8. The maximum Gasteiger partial charge on any atom is 0.306 e. The van der Waals surface area contributed by atoms with E-state index in [1.165, 1.54) is 128 Å². The lowest BCUT2D eigenvalue weighted by molar-refractivity contribution is -0.167. The Balaban J connectivity index is 4.43. The van der Waals surface area contributed by atoms with E-state index >= 15 is 0 Å². The molecule has 0 heterocycles. The molecule has 0 spiro atoms. The van der Waals surface area contributed by atoms with Crippen LogP contribution in [0.5, 0.6) is 0 Å². The third-order valence-corrected chi connectivity index (χ3v) is 11.7. The summed E-state index contributed by atoms with van der Waals surface area (Å²) in [6, 6.07) is 0. The van der Waals surface area contributed by atoms with Gasteiger partial charge in [-0.2, -0.15) is 0 Å². The molecule has 0 aliphatic rings. The van der Waals surface area contributed by atoms with Gasteiger partial charge in [0.05, 0.1) is 0 Å². The molecule has 370 valence electrons. The van der Waals surface area contributed by atoms with Crippen molar-refractivity contribution in [2.75, 3.05) is 13.2 Å². The molecule has 64 heavy (non-hydrogen) atoms. The van der Waals surface area contributed by atoms with Crippen LogP contribution >= 0.6 is 0 Å². The molecule has 0 aliphatic heterocycles. The van der Waals surface area contributed by atoms with Crippen molar-refractivity contribution in [3.8, 4) is 0 Å². The number of allylic oxidation sites excluding steroid dienone is 10. The van der Waals surface area contributed by atoms with E-state index in [0.717, 1.165) is 103 Å². The van der Waals surface area contributed by atoms with Crippen LogP contribution in [0.25, 0.3) is 0 Å². The SMILES string of the molecule is CCCCC/C=C\C/C=C\CCCCCCCCC(=O)OCC(COC(=O)CCCCCCC/C=C\C/C=C\CCCCC)OC(=O)CCCCCCC/C=C\CCCCCCCC. The Hall–Kier alpha value is -2.89. The molecule has 0 saturated heterocycles. The summed E-state index contributed by atoms with van der Waals surface area (Å²) in [5.74, 6) is -0.912. The van der Waals surface area contributed by atoms with Crippen molar-refractivity contribution in [1.29, 1.82) is 0 Å². The molecule has 0 N–H and O–H groups in total. The fraction of sp³-hybridized carbons (Fsp3) is 0.776. The molecule has 6 nitrogen and oxygen atoms in total. The molecule has 0 saturated carbocycles. The Bertz CT molecular complexity index is 1170. The third-order valence-electron chi connectivity index (χ3n) is 11.7. The molecule has 0 fully saturated rings. The molecule has 0 aromatic heterocycles. The summed E-state index contributed by atoms with van der Waals surface area (Å²) >= 11 is 0. The minimum absolute atomic E-state index is 0.0872. The van der Waals surface area contributed by atoms with Crippen LogP contribution in [0.3, 0.4) is 0 Å².